The standard InChI is InChI=1S/C56H55N/c1-55(2)51-15-9-14-47(40-10-5-3-6-11-40)54(51)48-24-23-46(32-52(48)55)57(45-21-18-42(19-22-45)49-30-36-16-17-43(49)29-36)53-25-20-44(31-50(53)41-12-7-4-8-13-41)56-33-37-26-38(34-56)28-39(27-37)35-56/h3-15,18-25,31-32,36-39,43,49H,16-17,26-30,33-35H2,1-2H3. The van der Waals surface area contributed by atoms with Crippen LogP contribution in [0.5, 0.6) is 0 Å². The van der Waals surface area contributed by atoms with Crippen molar-refractivity contribution in [1.82, 2.24) is 0 Å². The molecule has 6 bridgehead atoms. The Morgan fingerprint density at radius 3 is 1.81 bits per heavy atom. The van der Waals surface area contributed by atoms with Gasteiger partial charge in [-0.2, -0.15) is 0 Å². The summed E-state index contributed by atoms with van der Waals surface area (Å²) in [5, 5.41) is 0. The number of anilines is 3. The third-order valence-electron chi connectivity index (χ3n) is 16.3. The highest BCUT2D eigenvalue weighted by Gasteiger charge is 2.52. The molecule has 0 amide bonds. The summed E-state index contributed by atoms with van der Waals surface area (Å²) in [5.41, 5.74) is 18.0. The minimum atomic E-state index is -0.132. The molecule has 0 spiro atoms. The number of fused-ring (bicyclic) bond motifs is 5. The highest BCUT2D eigenvalue weighted by atomic mass is 15.1. The van der Waals surface area contributed by atoms with E-state index in [2.05, 4.69) is 158 Å². The maximum absolute atomic E-state index is 2.65. The highest BCUT2D eigenvalue weighted by Crippen LogP contribution is 2.62. The van der Waals surface area contributed by atoms with Crippen LogP contribution in [0.4, 0.5) is 17.1 Å². The van der Waals surface area contributed by atoms with Crippen molar-refractivity contribution in [2.75, 3.05) is 4.90 Å². The molecule has 7 aliphatic carbocycles. The van der Waals surface area contributed by atoms with E-state index < -0.39 is 0 Å². The van der Waals surface area contributed by atoms with Gasteiger partial charge < -0.3 is 4.90 Å². The Labute approximate surface area is 340 Å². The fourth-order valence-corrected chi connectivity index (χ4v) is 14.1. The molecule has 6 fully saturated rings. The summed E-state index contributed by atoms with van der Waals surface area (Å²) in [7, 11) is 0. The molecule has 3 atom stereocenters. The second kappa shape index (κ2) is 12.8. The lowest BCUT2D eigenvalue weighted by atomic mass is 9.48. The average Bonchev–Trinajstić information content (AvgIpc) is 3.94. The van der Waals surface area contributed by atoms with Gasteiger partial charge in [-0.25, -0.2) is 0 Å². The van der Waals surface area contributed by atoms with Crippen LogP contribution in [0.1, 0.15) is 106 Å². The van der Waals surface area contributed by atoms with Crippen LogP contribution in [0.3, 0.4) is 0 Å². The van der Waals surface area contributed by atoms with E-state index in [1.807, 2.05) is 0 Å². The predicted octanol–water partition coefficient (Wildman–Crippen LogP) is 15.2. The topological polar surface area (TPSA) is 3.24 Å². The van der Waals surface area contributed by atoms with Crippen LogP contribution in [-0.4, -0.2) is 0 Å². The predicted molar refractivity (Wildman–Crippen MR) is 238 cm³/mol. The van der Waals surface area contributed by atoms with Crippen LogP contribution in [-0.2, 0) is 10.8 Å². The summed E-state index contributed by atoms with van der Waals surface area (Å²) in [6.07, 6.45) is 14.2. The van der Waals surface area contributed by atoms with Gasteiger partial charge in [-0.1, -0.05) is 123 Å². The van der Waals surface area contributed by atoms with E-state index >= 15 is 0 Å². The quantitative estimate of drug-likeness (QED) is 0.157. The summed E-state index contributed by atoms with van der Waals surface area (Å²) >= 11 is 0. The van der Waals surface area contributed by atoms with E-state index in [9.17, 15) is 0 Å². The van der Waals surface area contributed by atoms with Crippen LogP contribution in [0.25, 0.3) is 33.4 Å². The zero-order chi connectivity index (χ0) is 37.9. The fraction of sp³-hybridized carbons (Fsp3) is 0.357. The van der Waals surface area contributed by atoms with E-state index in [-0.39, 0.29) is 5.41 Å². The summed E-state index contributed by atoms with van der Waals surface area (Å²) in [4.78, 5) is 2.60. The molecule has 0 N–H and O–H groups in total. The number of benzene rings is 6. The molecule has 1 heteroatoms. The lowest BCUT2D eigenvalue weighted by Crippen LogP contribution is -2.48. The first kappa shape index (κ1) is 34.2. The van der Waals surface area contributed by atoms with Crippen molar-refractivity contribution < 1.29 is 0 Å². The molecule has 0 aromatic heterocycles. The molecule has 6 aromatic carbocycles. The minimum absolute atomic E-state index is 0.132. The zero-order valence-corrected chi connectivity index (χ0v) is 33.8. The molecule has 13 rings (SSSR count). The monoisotopic (exact) mass is 741 g/mol. The van der Waals surface area contributed by atoms with Gasteiger partial charge >= 0.3 is 0 Å². The van der Waals surface area contributed by atoms with Gasteiger partial charge in [-0.3, -0.25) is 0 Å². The Hall–Kier alpha value is -4.88. The summed E-state index contributed by atoms with van der Waals surface area (Å²) < 4.78 is 0. The molecule has 57 heavy (non-hydrogen) atoms. The van der Waals surface area contributed by atoms with Crippen LogP contribution in [0, 0.1) is 29.6 Å². The highest BCUT2D eigenvalue weighted by molar-refractivity contribution is 5.95. The van der Waals surface area contributed by atoms with E-state index in [0.29, 0.717) is 5.41 Å². The van der Waals surface area contributed by atoms with Crippen LogP contribution < -0.4 is 4.90 Å². The van der Waals surface area contributed by atoms with Crippen molar-refractivity contribution in [3.63, 3.8) is 0 Å². The van der Waals surface area contributed by atoms with Gasteiger partial charge in [0, 0.05) is 22.4 Å². The Balaban J connectivity index is 1.03. The fourth-order valence-electron chi connectivity index (χ4n) is 14.1. The molecular weight excluding hydrogens is 687 g/mol. The number of hydrogen-bond donors (Lipinski definition) is 0. The van der Waals surface area contributed by atoms with Gasteiger partial charge in [0.2, 0.25) is 0 Å². The van der Waals surface area contributed by atoms with Crippen molar-refractivity contribution >= 4 is 17.1 Å². The lowest BCUT2D eigenvalue weighted by Gasteiger charge is -2.57. The largest absolute Gasteiger partial charge is 0.310 e. The van der Waals surface area contributed by atoms with Crippen LogP contribution in [0.2, 0.25) is 0 Å². The number of hydrogen-bond acceptors (Lipinski definition) is 1. The van der Waals surface area contributed by atoms with Crippen molar-refractivity contribution in [3.8, 4) is 33.4 Å². The molecule has 6 saturated carbocycles. The Morgan fingerprint density at radius 1 is 0.491 bits per heavy atom. The van der Waals surface area contributed by atoms with Crippen LogP contribution in [0.15, 0.2) is 140 Å². The molecule has 1 nitrogen and oxygen atoms in total. The van der Waals surface area contributed by atoms with Crippen LogP contribution >= 0.6 is 0 Å². The first-order valence-corrected chi connectivity index (χ1v) is 22.3. The minimum Gasteiger partial charge on any atom is -0.310 e. The van der Waals surface area contributed by atoms with E-state index in [0.717, 1.165) is 35.5 Å². The Bertz CT molecular complexity index is 2450. The Morgan fingerprint density at radius 2 is 1.16 bits per heavy atom. The van der Waals surface area contributed by atoms with Crippen molar-refractivity contribution in [2.45, 2.75) is 94.8 Å². The van der Waals surface area contributed by atoms with Gasteiger partial charge in [-0.15, -0.1) is 0 Å². The van der Waals surface area contributed by atoms with Crippen molar-refractivity contribution in [3.05, 3.63) is 162 Å². The molecule has 3 unspecified atom stereocenters. The third-order valence-corrected chi connectivity index (χ3v) is 16.3. The van der Waals surface area contributed by atoms with Gasteiger partial charge in [-0.05, 0) is 185 Å². The SMILES string of the molecule is CC1(C)c2cc(N(c3ccc(C4CC5CCC4C5)cc3)c3ccc(C45CC6CC(CC(C6)C4)C5)cc3-c3ccccc3)ccc2-c2c(-c3ccccc3)cccc21. The molecule has 0 radical (unpaired) electrons. The van der Waals surface area contributed by atoms with Gasteiger partial charge in [0.15, 0.2) is 0 Å². The third kappa shape index (κ3) is 5.40. The maximum atomic E-state index is 2.65. The average molecular weight is 742 g/mol. The van der Waals surface area contributed by atoms with E-state index in [1.165, 1.54) is 126 Å². The van der Waals surface area contributed by atoms with Gasteiger partial charge in [0.05, 0.1) is 5.69 Å². The Kier molecular flexibility index (Phi) is 7.68. The number of nitrogens with zero attached hydrogens (tertiary/aromatic N) is 1. The van der Waals surface area contributed by atoms with Gasteiger partial charge in [0.25, 0.3) is 0 Å². The molecule has 0 saturated heterocycles. The van der Waals surface area contributed by atoms with Gasteiger partial charge in [0.1, 0.15) is 0 Å². The molecule has 0 heterocycles. The molecule has 0 aliphatic heterocycles. The first-order valence-electron chi connectivity index (χ1n) is 22.3. The summed E-state index contributed by atoms with van der Waals surface area (Å²) in [5.74, 6) is 5.30. The van der Waals surface area contributed by atoms with Crippen molar-refractivity contribution in [2.24, 2.45) is 29.6 Å². The first-order chi connectivity index (χ1) is 27.9. The smallest absolute Gasteiger partial charge is 0.0540 e. The second-order valence-corrected chi connectivity index (χ2v) is 20.0. The number of rotatable bonds is 7. The molecule has 284 valence electrons. The normalized spacial score (nSPS) is 28.4. The van der Waals surface area contributed by atoms with E-state index in [4.69, 9.17) is 0 Å². The maximum Gasteiger partial charge on any atom is 0.0540 e. The van der Waals surface area contributed by atoms with Crippen molar-refractivity contribution in [1.29, 1.82) is 0 Å². The second-order valence-electron chi connectivity index (χ2n) is 20.0. The summed E-state index contributed by atoms with van der Waals surface area (Å²) in [6.45, 7) is 4.86. The molecule has 6 aromatic rings. The summed E-state index contributed by atoms with van der Waals surface area (Å²) in [6, 6.07) is 54.2. The zero-order valence-electron chi connectivity index (χ0n) is 33.8. The lowest BCUT2D eigenvalue weighted by molar-refractivity contribution is -0.00516. The molecular formula is C56H55N. The van der Waals surface area contributed by atoms with E-state index in [1.54, 1.807) is 11.1 Å². The molecule has 7 aliphatic rings.